The summed E-state index contributed by atoms with van der Waals surface area (Å²) in [4.78, 5) is 0. The first-order valence-corrected chi connectivity index (χ1v) is 9.42. The predicted octanol–water partition coefficient (Wildman–Crippen LogP) is 2.10. The molecule has 0 amide bonds. The second-order valence-corrected chi connectivity index (χ2v) is 7.81. The summed E-state index contributed by atoms with van der Waals surface area (Å²) in [5.41, 5.74) is -0.484. The number of nitrogens with zero attached hydrogens (tertiary/aromatic N) is 1. The van der Waals surface area contributed by atoms with Gasteiger partial charge >= 0.3 is 0 Å². The van der Waals surface area contributed by atoms with Crippen LogP contribution in [-0.2, 0) is 10.2 Å². The molecular formula is C10H20Br2N2O2S. The van der Waals surface area contributed by atoms with Gasteiger partial charge in [-0.2, -0.15) is 17.4 Å². The van der Waals surface area contributed by atoms with Crippen molar-refractivity contribution in [1.29, 1.82) is 0 Å². The first kappa shape index (κ1) is 15.9. The van der Waals surface area contributed by atoms with E-state index in [1.807, 2.05) is 6.92 Å². The first-order chi connectivity index (χ1) is 7.83. The van der Waals surface area contributed by atoms with Crippen molar-refractivity contribution in [3.05, 3.63) is 0 Å². The lowest BCUT2D eigenvalue weighted by Gasteiger charge is -2.34. The van der Waals surface area contributed by atoms with E-state index in [9.17, 15) is 8.42 Å². The first-order valence-electron chi connectivity index (χ1n) is 5.74. The van der Waals surface area contributed by atoms with Crippen LogP contribution in [0.3, 0.4) is 0 Å². The van der Waals surface area contributed by atoms with Crippen molar-refractivity contribution in [2.75, 3.05) is 23.7 Å². The number of nitrogens with one attached hydrogen (secondary N) is 1. The summed E-state index contributed by atoms with van der Waals surface area (Å²) in [5, 5.41) is 1.16. The zero-order valence-corrected chi connectivity index (χ0v) is 14.2. The highest BCUT2D eigenvalue weighted by Crippen LogP contribution is 2.20. The van der Waals surface area contributed by atoms with Crippen molar-refractivity contribution in [2.24, 2.45) is 5.92 Å². The van der Waals surface area contributed by atoms with Crippen LogP contribution in [0.2, 0.25) is 0 Å². The molecule has 0 saturated carbocycles. The number of rotatable bonds is 5. The topological polar surface area (TPSA) is 49.4 Å². The van der Waals surface area contributed by atoms with Crippen LogP contribution in [0, 0.1) is 5.92 Å². The van der Waals surface area contributed by atoms with Crippen molar-refractivity contribution in [2.45, 2.75) is 32.2 Å². The van der Waals surface area contributed by atoms with E-state index in [0.29, 0.717) is 29.7 Å². The van der Waals surface area contributed by atoms with Gasteiger partial charge in [-0.3, -0.25) is 0 Å². The molecular weight excluding hydrogens is 372 g/mol. The summed E-state index contributed by atoms with van der Waals surface area (Å²) in [6.45, 7) is 5.29. The third-order valence-electron chi connectivity index (χ3n) is 3.05. The predicted molar refractivity (Wildman–Crippen MR) is 78.0 cm³/mol. The zero-order chi connectivity index (χ0) is 13.1. The van der Waals surface area contributed by atoms with Crippen molar-refractivity contribution in [3.63, 3.8) is 0 Å². The summed E-state index contributed by atoms with van der Waals surface area (Å²) >= 11 is 6.69. The van der Waals surface area contributed by atoms with Crippen molar-refractivity contribution in [3.8, 4) is 0 Å². The molecule has 1 rings (SSSR count). The Hall–Kier alpha value is 0.830. The zero-order valence-electron chi connectivity index (χ0n) is 10.2. The maximum atomic E-state index is 12.2. The van der Waals surface area contributed by atoms with Gasteiger partial charge in [-0.1, -0.05) is 38.8 Å². The van der Waals surface area contributed by atoms with Crippen LogP contribution in [0.5, 0.6) is 0 Å². The fraction of sp³-hybridized carbons (Fsp3) is 1.00. The van der Waals surface area contributed by atoms with Crippen molar-refractivity contribution >= 4 is 42.1 Å². The van der Waals surface area contributed by atoms with Gasteiger partial charge in [0.05, 0.1) is 5.54 Å². The summed E-state index contributed by atoms with van der Waals surface area (Å²) in [6.07, 6.45) is 1.89. The summed E-state index contributed by atoms with van der Waals surface area (Å²) in [5.74, 6) is 0.625. The van der Waals surface area contributed by atoms with Crippen LogP contribution in [-0.4, -0.2) is 42.0 Å². The normalized spacial score (nSPS) is 20.7. The molecule has 1 saturated heterocycles. The molecule has 17 heavy (non-hydrogen) atoms. The Labute approximate surface area is 121 Å². The molecule has 0 bridgehead atoms. The number of hydrogen-bond acceptors (Lipinski definition) is 2. The van der Waals surface area contributed by atoms with Crippen LogP contribution in [0.4, 0.5) is 0 Å². The van der Waals surface area contributed by atoms with Crippen LogP contribution >= 0.6 is 31.9 Å². The average Bonchev–Trinajstić information content (AvgIpc) is 2.29. The molecule has 0 aliphatic carbocycles. The minimum Gasteiger partial charge on any atom is -0.195 e. The van der Waals surface area contributed by atoms with Gasteiger partial charge in [0.15, 0.2) is 0 Å². The third-order valence-corrected chi connectivity index (χ3v) is 7.32. The molecule has 1 aliphatic heterocycles. The minimum atomic E-state index is -3.37. The number of hydrogen-bond donors (Lipinski definition) is 1. The monoisotopic (exact) mass is 390 g/mol. The molecule has 0 unspecified atom stereocenters. The molecule has 0 radical (unpaired) electrons. The maximum absolute atomic E-state index is 12.2. The Morgan fingerprint density at radius 3 is 2.18 bits per heavy atom. The lowest BCUT2D eigenvalue weighted by molar-refractivity contribution is 0.281. The van der Waals surface area contributed by atoms with E-state index >= 15 is 0 Å². The molecule has 0 aromatic rings. The number of piperidine rings is 1. The fourth-order valence-corrected chi connectivity index (χ4v) is 4.86. The average molecular weight is 392 g/mol. The Morgan fingerprint density at radius 2 is 1.76 bits per heavy atom. The smallest absolute Gasteiger partial charge is 0.195 e. The van der Waals surface area contributed by atoms with E-state index in [4.69, 9.17) is 0 Å². The van der Waals surface area contributed by atoms with Gasteiger partial charge in [0, 0.05) is 23.7 Å². The van der Waals surface area contributed by atoms with E-state index in [1.165, 1.54) is 0 Å². The molecule has 4 nitrogen and oxygen atoms in total. The van der Waals surface area contributed by atoms with Gasteiger partial charge in [0.1, 0.15) is 0 Å². The van der Waals surface area contributed by atoms with Gasteiger partial charge in [0.2, 0.25) is 0 Å². The maximum Gasteiger partial charge on any atom is 0.279 e. The lowest BCUT2D eigenvalue weighted by Crippen LogP contribution is -2.55. The number of halogens is 2. The SMILES string of the molecule is CC1CCN(S(=O)(=O)NC(C)(CBr)CBr)CC1. The fourth-order valence-electron chi connectivity index (χ4n) is 1.69. The molecule has 1 fully saturated rings. The van der Waals surface area contributed by atoms with Crippen LogP contribution in [0.1, 0.15) is 26.7 Å². The molecule has 7 heteroatoms. The number of alkyl halides is 2. The molecule has 1 N–H and O–H groups in total. The van der Waals surface area contributed by atoms with Gasteiger partial charge in [0.25, 0.3) is 10.2 Å². The standard InChI is InChI=1S/C10H20Br2N2O2S/c1-9-3-5-14(6-4-9)17(15,16)13-10(2,7-11)8-12/h9,13H,3-8H2,1-2H3. The minimum absolute atomic E-state index is 0.484. The Balaban J connectivity index is 2.68. The molecule has 102 valence electrons. The van der Waals surface area contributed by atoms with Crippen molar-refractivity contribution < 1.29 is 8.42 Å². The Morgan fingerprint density at radius 1 is 1.29 bits per heavy atom. The van der Waals surface area contributed by atoms with Gasteiger partial charge < -0.3 is 0 Å². The van der Waals surface area contributed by atoms with E-state index in [2.05, 4.69) is 43.5 Å². The van der Waals surface area contributed by atoms with Crippen LogP contribution in [0.25, 0.3) is 0 Å². The molecule has 0 spiro atoms. The molecule has 0 aromatic carbocycles. The highest BCUT2D eigenvalue weighted by atomic mass is 79.9. The molecule has 1 heterocycles. The van der Waals surface area contributed by atoms with Crippen molar-refractivity contribution in [1.82, 2.24) is 9.03 Å². The van der Waals surface area contributed by atoms with E-state index in [-0.39, 0.29) is 0 Å². The second-order valence-electron chi connectivity index (χ2n) is 5.02. The molecule has 0 aromatic heterocycles. The van der Waals surface area contributed by atoms with Gasteiger partial charge in [-0.05, 0) is 25.7 Å². The summed E-state index contributed by atoms with van der Waals surface area (Å²) < 4.78 is 28.7. The van der Waals surface area contributed by atoms with E-state index in [0.717, 1.165) is 12.8 Å². The quantitative estimate of drug-likeness (QED) is 0.729. The van der Waals surface area contributed by atoms with Gasteiger partial charge in [-0.25, -0.2) is 0 Å². The Bertz CT molecular complexity index is 336. The molecule has 0 atom stereocenters. The largest absolute Gasteiger partial charge is 0.279 e. The Kier molecular flexibility index (Phi) is 5.91. The molecule has 1 aliphatic rings. The van der Waals surface area contributed by atoms with Crippen LogP contribution in [0.15, 0.2) is 0 Å². The van der Waals surface area contributed by atoms with E-state index in [1.54, 1.807) is 4.31 Å². The second kappa shape index (κ2) is 6.32. The third kappa shape index (κ3) is 4.45. The summed E-state index contributed by atoms with van der Waals surface area (Å²) in [7, 11) is -3.37. The highest BCUT2D eigenvalue weighted by Gasteiger charge is 2.33. The van der Waals surface area contributed by atoms with Crippen LogP contribution < -0.4 is 4.72 Å². The lowest BCUT2D eigenvalue weighted by atomic mass is 10.0. The summed E-state index contributed by atoms with van der Waals surface area (Å²) in [6, 6.07) is 0. The van der Waals surface area contributed by atoms with E-state index < -0.39 is 15.7 Å². The highest BCUT2D eigenvalue weighted by molar-refractivity contribution is 9.09. The van der Waals surface area contributed by atoms with Gasteiger partial charge in [-0.15, -0.1) is 0 Å².